The molecule has 23 heavy (non-hydrogen) atoms. The van der Waals surface area contributed by atoms with Gasteiger partial charge in [0.05, 0.1) is 0 Å². The van der Waals surface area contributed by atoms with Crippen molar-refractivity contribution < 1.29 is 14.3 Å². The molecule has 5 nitrogen and oxygen atoms in total. The van der Waals surface area contributed by atoms with E-state index in [0.717, 1.165) is 17.7 Å². The topological polar surface area (TPSA) is 68.3 Å². The average Bonchev–Trinajstić information content (AvgIpc) is 2.60. The van der Waals surface area contributed by atoms with E-state index in [2.05, 4.69) is 24.1 Å². The Hall–Kier alpha value is -2.69. The van der Waals surface area contributed by atoms with Crippen molar-refractivity contribution in [1.82, 2.24) is 4.98 Å². The molecule has 1 atom stereocenters. The van der Waals surface area contributed by atoms with Crippen LogP contribution in [0, 0.1) is 0 Å². The van der Waals surface area contributed by atoms with Gasteiger partial charge in [0.1, 0.15) is 5.69 Å². The number of ether oxygens (including phenoxy) is 1. The van der Waals surface area contributed by atoms with Crippen molar-refractivity contribution in [1.29, 1.82) is 0 Å². The van der Waals surface area contributed by atoms with Crippen molar-refractivity contribution in [2.45, 2.75) is 26.2 Å². The molecular formula is C18H20N2O3. The normalized spacial score (nSPS) is 11.6. The molecule has 0 spiro atoms. The van der Waals surface area contributed by atoms with Gasteiger partial charge in [0, 0.05) is 11.9 Å². The maximum atomic E-state index is 12.0. The minimum absolute atomic E-state index is 0.181. The van der Waals surface area contributed by atoms with E-state index in [1.807, 2.05) is 24.3 Å². The van der Waals surface area contributed by atoms with Crippen molar-refractivity contribution >= 4 is 17.6 Å². The van der Waals surface area contributed by atoms with E-state index in [9.17, 15) is 9.59 Å². The predicted molar refractivity (Wildman–Crippen MR) is 88.3 cm³/mol. The number of hydrogen-bond donors (Lipinski definition) is 1. The second kappa shape index (κ2) is 8.08. The number of amides is 1. The minimum atomic E-state index is -0.615. The Labute approximate surface area is 135 Å². The third-order valence-corrected chi connectivity index (χ3v) is 3.59. The smallest absolute Gasteiger partial charge is 0.357 e. The first-order chi connectivity index (χ1) is 11.1. The highest BCUT2D eigenvalue weighted by Gasteiger charge is 2.13. The number of nitrogens with one attached hydrogen (secondary N) is 1. The van der Waals surface area contributed by atoms with Crippen molar-refractivity contribution in [2.75, 3.05) is 11.9 Å². The van der Waals surface area contributed by atoms with Crippen LogP contribution < -0.4 is 5.32 Å². The van der Waals surface area contributed by atoms with Gasteiger partial charge in [-0.3, -0.25) is 4.79 Å². The Bertz CT molecular complexity index is 671. The molecular weight excluding hydrogens is 292 g/mol. The maximum Gasteiger partial charge on any atom is 0.357 e. The highest BCUT2D eigenvalue weighted by atomic mass is 16.5. The number of rotatable bonds is 6. The van der Waals surface area contributed by atoms with Gasteiger partial charge in [-0.1, -0.05) is 38.1 Å². The Morgan fingerprint density at radius 3 is 2.61 bits per heavy atom. The van der Waals surface area contributed by atoms with Crippen LogP contribution in [0.25, 0.3) is 0 Å². The lowest BCUT2D eigenvalue weighted by Gasteiger charge is -2.15. The molecule has 0 unspecified atom stereocenters. The Kier molecular flexibility index (Phi) is 5.86. The molecule has 0 aliphatic rings. The number of anilines is 1. The number of benzene rings is 1. The first-order valence-corrected chi connectivity index (χ1v) is 7.58. The van der Waals surface area contributed by atoms with Gasteiger partial charge < -0.3 is 10.1 Å². The van der Waals surface area contributed by atoms with Crippen molar-refractivity contribution in [3.05, 3.63) is 59.9 Å². The van der Waals surface area contributed by atoms with E-state index < -0.39 is 5.97 Å². The summed E-state index contributed by atoms with van der Waals surface area (Å²) in [6.07, 6.45) is 2.47. The molecule has 120 valence electrons. The average molecular weight is 312 g/mol. The van der Waals surface area contributed by atoms with Crippen LogP contribution in [0.5, 0.6) is 0 Å². The van der Waals surface area contributed by atoms with E-state index >= 15 is 0 Å². The summed E-state index contributed by atoms with van der Waals surface area (Å²) in [5.74, 6) is -0.649. The van der Waals surface area contributed by atoms with E-state index in [4.69, 9.17) is 4.74 Å². The molecule has 0 aliphatic carbocycles. The molecule has 0 aliphatic heterocycles. The first kappa shape index (κ1) is 16.7. The molecule has 0 fully saturated rings. The van der Waals surface area contributed by atoms with Gasteiger partial charge in [-0.2, -0.15) is 0 Å². The molecule has 1 aromatic heterocycles. The molecule has 1 amide bonds. The lowest BCUT2D eigenvalue weighted by molar-refractivity contribution is -0.119. The Morgan fingerprint density at radius 2 is 1.91 bits per heavy atom. The summed E-state index contributed by atoms with van der Waals surface area (Å²) in [5, 5.41) is 2.80. The second-order valence-corrected chi connectivity index (χ2v) is 5.24. The molecule has 2 rings (SSSR count). The van der Waals surface area contributed by atoms with Gasteiger partial charge in [0.2, 0.25) is 0 Å². The monoisotopic (exact) mass is 312 g/mol. The predicted octanol–water partition coefficient (Wildman–Crippen LogP) is 3.39. The molecule has 0 bridgehead atoms. The summed E-state index contributed by atoms with van der Waals surface area (Å²) < 4.78 is 4.98. The maximum absolute atomic E-state index is 12.0. The largest absolute Gasteiger partial charge is 0.451 e. The number of pyridine rings is 1. The zero-order chi connectivity index (χ0) is 16.7. The van der Waals surface area contributed by atoms with Gasteiger partial charge in [0.25, 0.3) is 5.91 Å². The van der Waals surface area contributed by atoms with Crippen LogP contribution in [0.1, 0.15) is 42.2 Å². The van der Waals surface area contributed by atoms with Crippen LogP contribution in [-0.2, 0) is 9.53 Å². The van der Waals surface area contributed by atoms with E-state index in [1.165, 1.54) is 6.20 Å². The van der Waals surface area contributed by atoms with Gasteiger partial charge in [-0.15, -0.1) is 0 Å². The molecule has 1 heterocycles. The third-order valence-electron chi connectivity index (χ3n) is 3.59. The summed E-state index contributed by atoms with van der Waals surface area (Å²) in [6.45, 7) is 3.86. The first-order valence-electron chi connectivity index (χ1n) is 7.58. The fourth-order valence-electron chi connectivity index (χ4n) is 2.14. The highest BCUT2D eigenvalue weighted by molar-refractivity contribution is 5.95. The molecule has 0 radical (unpaired) electrons. The van der Waals surface area contributed by atoms with Crippen LogP contribution in [0.15, 0.2) is 48.7 Å². The third kappa shape index (κ3) is 4.64. The molecule has 0 saturated heterocycles. The van der Waals surface area contributed by atoms with Gasteiger partial charge in [-0.25, -0.2) is 9.78 Å². The lowest BCUT2D eigenvalue weighted by atomic mass is 9.97. The van der Waals surface area contributed by atoms with Crippen LogP contribution in [-0.4, -0.2) is 23.5 Å². The van der Waals surface area contributed by atoms with Gasteiger partial charge in [-0.05, 0) is 36.1 Å². The summed E-state index contributed by atoms with van der Waals surface area (Å²) in [4.78, 5) is 27.6. The Balaban J connectivity index is 1.94. The molecule has 2 aromatic rings. The second-order valence-electron chi connectivity index (χ2n) is 5.24. The van der Waals surface area contributed by atoms with Gasteiger partial charge in [0.15, 0.2) is 6.61 Å². The fourth-order valence-corrected chi connectivity index (χ4v) is 2.14. The number of esters is 1. The molecule has 1 N–H and O–H groups in total. The molecule has 5 heteroatoms. The minimum Gasteiger partial charge on any atom is -0.451 e. The number of hydrogen-bond acceptors (Lipinski definition) is 4. The van der Waals surface area contributed by atoms with Crippen LogP contribution in [0.4, 0.5) is 5.69 Å². The fraction of sp³-hybridized carbons (Fsp3) is 0.278. The lowest BCUT2D eigenvalue weighted by Crippen LogP contribution is -2.22. The van der Waals surface area contributed by atoms with Crippen LogP contribution in [0.3, 0.4) is 0 Å². The number of aromatic nitrogens is 1. The zero-order valence-electron chi connectivity index (χ0n) is 13.3. The van der Waals surface area contributed by atoms with Crippen molar-refractivity contribution in [3.63, 3.8) is 0 Å². The summed E-state index contributed by atoms with van der Waals surface area (Å²) in [7, 11) is 0. The number of carbonyl (C=O) groups is 2. The highest BCUT2D eigenvalue weighted by Crippen LogP contribution is 2.26. The van der Waals surface area contributed by atoms with Crippen molar-refractivity contribution in [2.24, 2.45) is 0 Å². The van der Waals surface area contributed by atoms with E-state index in [0.29, 0.717) is 5.92 Å². The van der Waals surface area contributed by atoms with Crippen LogP contribution >= 0.6 is 0 Å². The Morgan fingerprint density at radius 1 is 1.17 bits per heavy atom. The summed E-state index contributed by atoms with van der Waals surface area (Å²) in [6, 6.07) is 12.6. The number of nitrogens with zero attached hydrogens (tertiary/aromatic N) is 1. The number of carbonyl (C=O) groups excluding carboxylic acids is 2. The quantitative estimate of drug-likeness (QED) is 0.830. The molecule has 1 aromatic carbocycles. The SMILES string of the molecule is CC[C@H](C)c1ccccc1NC(=O)COC(=O)c1ccccn1. The van der Waals surface area contributed by atoms with Crippen molar-refractivity contribution in [3.8, 4) is 0 Å². The standard InChI is InChI=1S/C18H20N2O3/c1-3-13(2)14-8-4-5-9-15(14)20-17(21)12-23-18(22)16-10-6-7-11-19-16/h4-11,13H,3,12H2,1-2H3,(H,20,21)/t13-/m0/s1. The van der Waals surface area contributed by atoms with E-state index in [1.54, 1.807) is 18.2 Å². The summed E-state index contributed by atoms with van der Waals surface area (Å²) in [5.41, 5.74) is 2.00. The molecule has 0 saturated carbocycles. The zero-order valence-corrected chi connectivity index (χ0v) is 13.3. The number of para-hydroxylation sites is 1. The summed E-state index contributed by atoms with van der Waals surface area (Å²) >= 11 is 0. The van der Waals surface area contributed by atoms with E-state index in [-0.39, 0.29) is 18.2 Å². The van der Waals surface area contributed by atoms with Crippen LogP contribution in [0.2, 0.25) is 0 Å². The van der Waals surface area contributed by atoms with Gasteiger partial charge >= 0.3 is 5.97 Å².